The summed E-state index contributed by atoms with van der Waals surface area (Å²) in [5.41, 5.74) is 1.15. The number of aryl methyl sites for hydroxylation is 1. The highest BCUT2D eigenvalue weighted by molar-refractivity contribution is 5.91. The number of carbonyl (C=O) groups excluding carboxylic acids is 1. The molecule has 0 saturated heterocycles. The van der Waals surface area contributed by atoms with Crippen molar-refractivity contribution in [1.82, 2.24) is 4.98 Å². The lowest BCUT2D eigenvalue weighted by Crippen LogP contribution is -2.04. The van der Waals surface area contributed by atoms with Gasteiger partial charge in [-0.15, -0.1) is 0 Å². The molecule has 0 radical (unpaired) electrons. The van der Waals surface area contributed by atoms with E-state index in [0.29, 0.717) is 29.4 Å². The summed E-state index contributed by atoms with van der Waals surface area (Å²) in [6, 6.07) is 7.18. The van der Waals surface area contributed by atoms with Gasteiger partial charge in [-0.3, -0.25) is 4.98 Å². The number of ether oxygens (including phenoxy) is 1. The monoisotopic (exact) mass is 231 g/mol. The highest BCUT2D eigenvalue weighted by Gasteiger charge is 2.17. The average Bonchev–Trinajstić information content (AvgIpc) is 2.73. The Kier molecular flexibility index (Phi) is 3.23. The fourth-order valence-electron chi connectivity index (χ4n) is 1.53. The van der Waals surface area contributed by atoms with E-state index in [1.165, 1.54) is 0 Å². The first-order chi connectivity index (χ1) is 8.22. The van der Waals surface area contributed by atoms with Crippen molar-refractivity contribution in [2.45, 2.75) is 13.8 Å². The quantitative estimate of drug-likeness (QED) is 0.762. The molecule has 0 fully saturated rings. The molecule has 2 heterocycles. The summed E-state index contributed by atoms with van der Waals surface area (Å²) >= 11 is 0. The minimum atomic E-state index is -0.365. The Bertz CT molecular complexity index is 517. The van der Waals surface area contributed by atoms with E-state index in [2.05, 4.69) is 4.98 Å². The molecule has 0 amide bonds. The molecule has 0 aliphatic heterocycles. The van der Waals surface area contributed by atoms with Crippen LogP contribution < -0.4 is 0 Å². The molecule has 4 heteroatoms. The molecule has 0 atom stereocenters. The van der Waals surface area contributed by atoms with Crippen LogP contribution in [0.2, 0.25) is 0 Å². The van der Waals surface area contributed by atoms with Gasteiger partial charge in [-0.05, 0) is 26.0 Å². The summed E-state index contributed by atoms with van der Waals surface area (Å²) in [6.07, 6.45) is 1.68. The zero-order chi connectivity index (χ0) is 12.3. The third kappa shape index (κ3) is 2.36. The normalized spacial score (nSPS) is 10.2. The van der Waals surface area contributed by atoms with Crippen LogP contribution in [0.1, 0.15) is 23.0 Å². The molecule has 2 rings (SSSR count). The highest BCUT2D eigenvalue weighted by Crippen LogP contribution is 2.23. The lowest BCUT2D eigenvalue weighted by molar-refractivity contribution is 0.0524. The topological polar surface area (TPSA) is 52.3 Å². The molecule has 2 aromatic rings. The first kappa shape index (κ1) is 11.4. The van der Waals surface area contributed by atoms with Gasteiger partial charge in [0.25, 0.3) is 0 Å². The van der Waals surface area contributed by atoms with Gasteiger partial charge in [0.05, 0.1) is 6.61 Å². The van der Waals surface area contributed by atoms with Crippen molar-refractivity contribution in [3.8, 4) is 11.5 Å². The van der Waals surface area contributed by atoms with Gasteiger partial charge in [0.2, 0.25) is 0 Å². The molecule has 0 saturated carbocycles. The molecule has 88 valence electrons. The number of rotatable bonds is 3. The summed E-state index contributed by atoms with van der Waals surface area (Å²) < 4.78 is 10.4. The van der Waals surface area contributed by atoms with Crippen molar-refractivity contribution in [2.24, 2.45) is 0 Å². The molecule has 2 aromatic heterocycles. The van der Waals surface area contributed by atoms with Gasteiger partial charge in [0, 0.05) is 12.3 Å². The molecular formula is C13H13NO3. The van der Waals surface area contributed by atoms with Gasteiger partial charge >= 0.3 is 5.97 Å². The standard InChI is InChI=1S/C13H13NO3/c1-3-16-13(15)10-8-12(17-9(10)2)11-6-4-5-7-14-11/h4-8H,3H2,1-2H3. The molecule has 0 spiro atoms. The van der Waals surface area contributed by atoms with Crippen molar-refractivity contribution < 1.29 is 13.9 Å². The molecule has 17 heavy (non-hydrogen) atoms. The van der Waals surface area contributed by atoms with Gasteiger partial charge in [-0.25, -0.2) is 4.79 Å². The van der Waals surface area contributed by atoms with E-state index in [4.69, 9.17) is 9.15 Å². The van der Waals surface area contributed by atoms with E-state index in [9.17, 15) is 4.79 Å². The molecule has 0 aliphatic rings. The first-order valence-electron chi connectivity index (χ1n) is 5.41. The van der Waals surface area contributed by atoms with Crippen LogP contribution in [0, 0.1) is 6.92 Å². The summed E-state index contributed by atoms with van der Waals surface area (Å²) in [7, 11) is 0. The number of furan rings is 1. The second kappa shape index (κ2) is 4.82. The van der Waals surface area contributed by atoms with Gasteiger partial charge < -0.3 is 9.15 Å². The second-order valence-electron chi connectivity index (χ2n) is 3.52. The minimum absolute atomic E-state index is 0.350. The van der Waals surface area contributed by atoms with E-state index in [0.717, 1.165) is 0 Å². The molecule has 0 aliphatic carbocycles. The average molecular weight is 231 g/mol. The first-order valence-corrected chi connectivity index (χ1v) is 5.41. The van der Waals surface area contributed by atoms with Crippen LogP contribution in [0.4, 0.5) is 0 Å². The largest absolute Gasteiger partial charge is 0.462 e. The molecule has 4 nitrogen and oxygen atoms in total. The minimum Gasteiger partial charge on any atom is -0.462 e. The third-order valence-electron chi connectivity index (χ3n) is 2.33. The van der Waals surface area contributed by atoms with Crippen LogP contribution in [0.3, 0.4) is 0 Å². The Balaban J connectivity index is 2.34. The Labute approximate surface area is 99.2 Å². The number of carbonyl (C=O) groups is 1. The molecular weight excluding hydrogens is 218 g/mol. The predicted molar refractivity (Wildman–Crippen MR) is 62.6 cm³/mol. The van der Waals surface area contributed by atoms with Crippen LogP contribution in [0.15, 0.2) is 34.9 Å². The predicted octanol–water partition coefficient (Wildman–Crippen LogP) is 2.83. The molecule has 0 unspecified atom stereocenters. The maximum Gasteiger partial charge on any atom is 0.341 e. The lowest BCUT2D eigenvalue weighted by atomic mass is 10.2. The van der Waals surface area contributed by atoms with Crippen LogP contribution in [-0.4, -0.2) is 17.6 Å². The fraction of sp³-hybridized carbons (Fsp3) is 0.231. The SMILES string of the molecule is CCOC(=O)c1cc(-c2ccccn2)oc1C. The number of pyridine rings is 1. The van der Waals surface area contributed by atoms with Crippen molar-refractivity contribution in [2.75, 3.05) is 6.61 Å². The van der Waals surface area contributed by atoms with Gasteiger partial charge in [-0.2, -0.15) is 0 Å². The number of esters is 1. The van der Waals surface area contributed by atoms with Crippen molar-refractivity contribution in [3.05, 3.63) is 41.8 Å². The van der Waals surface area contributed by atoms with Crippen LogP contribution in [0.5, 0.6) is 0 Å². The van der Waals surface area contributed by atoms with E-state index in [1.54, 1.807) is 26.1 Å². The van der Waals surface area contributed by atoms with Crippen molar-refractivity contribution >= 4 is 5.97 Å². The summed E-state index contributed by atoms with van der Waals surface area (Å²) in [6.45, 7) is 3.86. The number of hydrogen-bond donors (Lipinski definition) is 0. The molecule has 0 N–H and O–H groups in total. The fourth-order valence-corrected chi connectivity index (χ4v) is 1.53. The van der Waals surface area contributed by atoms with E-state index >= 15 is 0 Å². The van der Waals surface area contributed by atoms with E-state index < -0.39 is 0 Å². The lowest BCUT2D eigenvalue weighted by Gasteiger charge is -1.97. The Morgan fingerprint density at radius 3 is 2.94 bits per heavy atom. The van der Waals surface area contributed by atoms with Crippen LogP contribution in [0.25, 0.3) is 11.5 Å². The smallest absolute Gasteiger partial charge is 0.341 e. The van der Waals surface area contributed by atoms with Crippen molar-refractivity contribution in [3.63, 3.8) is 0 Å². The van der Waals surface area contributed by atoms with Gasteiger partial charge in [0.1, 0.15) is 17.0 Å². The Hall–Kier alpha value is -2.10. The molecule has 0 aromatic carbocycles. The maximum atomic E-state index is 11.6. The van der Waals surface area contributed by atoms with Crippen LogP contribution >= 0.6 is 0 Å². The molecule has 0 bridgehead atoms. The summed E-state index contributed by atoms with van der Waals surface area (Å²) in [5.74, 6) is 0.756. The zero-order valence-corrected chi connectivity index (χ0v) is 9.77. The zero-order valence-electron chi connectivity index (χ0n) is 9.77. The number of hydrogen-bond acceptors (Lipinski definition) is 4. The Morgan fingerprint density at radius 1 is 1.47 bits per heavy atom. The number of nitrogens with zero attached hydrogens (tertiary/aromatic N) is 1. The number of aromatic nitrogens is 1. The summed E-state index contributed by atoms with van der Waals surface area (Å²) in [4.78, 5) is 15.8. The Morgan fingerprint density at radius 2 is 2.29 bits per heavy atom. The van der Waals surface area contributed by atoms with Gasteiger partial charge in [0.15, 0.2) is 5.76 Å². The van der Waals surface area contributed by atoms with Crippen molar-refractivity contribution in [1.29, 1.82) is 0 Å². The van der Waals surface area contributed by atoms with E-state index in [-0.39, 0.29) is 5.97 Å². The third-order valence-corrected chi connectivity index (χ3v) is 2.33. The summed E-state index contributed by atoms with van der Waals surface area (Å²) in [5, 5.41) is 0. The highest BCUT2D eigenvalue weighted by atomic mass is 16.5. The van der Waals surface area contributed by atoms with E-state index in [1.807, 2.05) is 18.2 Å². The second-order valence-corrected chi connectivity index (χ2v) is 3.52. The van der Waals surface area contributed by atoms with Crippen LogP contribution in [-0.2, 0) is 4.74 Å². The van der Waals surface area contributed by atoms with Gasteiger partial charge in [-0.1, -0.05) is 6.07 Å². The maximum absolute atomic E-state index is 11.6.